The number of fused-ring (bicyclic) bond motifs is 1. The molecule has 1 N–H and O–H groups in total. The molecule has 0 unspecified atom stereocenters. The third-order valence-corrected chi connectivity index (χ3v) is 4.68. The van der Waals surface area contributed by atoms with Crippen LogP contribution in [0.1, 0.15) is 30.9 Å². The van der Waals surface area contributed by atoms with Crippen LogP contribution >= 0.6 is 0 Å². The SMILES string of the molecule is O=C(N[C@H](c1ccc2c(c1)OCCO2)C1CC1)[C@H]1C[C@@H]1[N+](=O)[O-]. The topological polar surface area (TPSA) is 90.7 Å². The Hall–Kier alpha value is -2.31. The van der Waals surface area contributed by atoms with E-state index in [1.807, 2.05) is 18.2 Å². The van der Waals surface area contributed by atoms with Crippen LogP contribution in [0.3, 0.4) is 0 Å². The van der Waals surface area contributed by atoms with Gasteiger partial charge in [-0.15, -0.1) is 0 Å². The molecule has 1 aromatic rings. The normalized spacial score (nSPS) is 26.3. The lowest BCUT2D eigenvalue weighted by Crippen LogP contribution is -2.32. The molecule has 0 saturated heterocycles. The molecule has 0 radical (unpaired) electrons. The Kier molecular flexibility index (Phi) is 3.36. The molecule has 2 aliphatic carbocycles. The smallest absolute Gasteiger partial charge is 0.230 e. The van der Waals surface area contributed by atoms with E-state index in [4.69, 9.17) is 9.47 Å². The summed E-state index contributed by atoms with van der Waals surface area (Å²) in [5.41, 5.74) is 0.975. The molecule has 4 rings (SSSR count). The molecule has 1 aromatic carbocycles. The molecule has 0 spiro atoms. The van der Waals surface area contributed by atoms with Crippen LogP contribution in [-0.4, -0.2) is 30.1 Å². The lowest BCUT2D eigenvalue weighted by molar-refractivity contribution is -0.497. The molecule has 23 heavy (non-hydrogen) atoms. The molecule has 7 nitrogen and oxygen atoms in total. The summed E-state index contributed by atoms with van der Waals surface area (Å²) < 4.78 is 11.1. The molecular weight excluding hydrogens is 300 g/mol. The van der Waals surface area contributed by atoms with Crippen molar-refractivity contribution in [2.45, 2.75) is 31.3 Å². The van der Waals surface area contributed by atoms with Crippen LogP contribution in [0.5, 0.6) is 11.5 Å². The maximum atomic E-state index is 12.3. The zero-order chi connectivity index (χ0) is 16.0. The fraction of sp³-hybridized carbons (Fsp3) is 0.562. The first-order valence-corrected chi connectivity index (χ1v) is 7.97. The molecule has 0 bridgehead atoms. The Bertz CT molecular complexity index is 658. The Morgan fingerprint density at radius 1 is 1.26 bits per heavy atom. The predicted octanol–water partition coefficient (Wildman–Crippen LogP) is 1.69. The second-order valence-corrected chi connectivity index (χ2v) is 6.42. The quantitative estimate of drug-likeness (QED) is 0.659. The first-order chi connectivity index (χ1) is 11.1. The highest BCUT2D eigenvalue weighted by molar-refractivity contribution is 5.82. The van der Waals surface area contributed by atoms with Crippen LogP contribution in [0.4, 0.5) is 0 Å². The summed E-state index contributed by atoms with van der Waals surface area (Å²) in [5.74, 6) is 1.12. The van der Waals surface area contributed by atoms with Crippen molar-refractivity contribution in [3.05, 3.63) is 33.9 Å². The number of amides is 1. The summed E-state index contributed by atoms with van der Waals surface area (Å²) in [7, 11) is 0. The molecule has 1 amide bonds. The van der Waals surface area contributed by atoms with Crippen molar-refractivity contribution in [2.24, 2.45) is 11.8 Å². The van der Waals surface area contributed by atoms with Gasteiger partial charge in [-0.3, -0.25) is 14.9 Å². The van der Waals surface area contributed by atoms with Crippen LogP contribution in [0.15, 0.2) is 18.2 Å². The van der Waals surface area contributed by atoms with Crippen LogP contribution < -0.4 is 14.8 Å². The summed E-state index contributed by atoms with van der Waals surface area (Å²) >= 11 is 0. The third-order valence-electron chi connectivity index (χ3n) is 4.68. The number of hydrogen-bond acceptors (Lipinski definition) is 5. The minimum absolute atomic E-state index is 0.105. The van der Waals surface area contributed by atoms with Crippen molar-refractivity contribution in [3.8, 4) is 11.5 Å². The van der Waals surface area contributed by atoms with Gasteiger partial charge >= 0.3 is 0 Å². The van der Waals surface area contributed by atoms with Crippen molar-refractivity contribution >= 4 is 5.91 Å². The summed E-state index contributed by atoms with van der Waals surface area (Å²) in [6, 6.07) is 4.90. The van der Waals surface area contributed by atoms with E-state index in [2.05, 4.69) is 5.32 Å². The first-order valence-electron chi connectivity index (χ1n) is 7.97. The number of nitro groups is 1. The number of nitrogens with one attached hydrogen (secondary N) is 1. The second-order valence-electron chi connectivity index (χ2n) is 6.42. The number of nitrogens with zero attached hydrogens (tertiary/aromatic N) is 1. The first kappa shape index (κ1) is 14.3. The molecule has 2 fully saturated rings. The maximum absolute atomic E-state index is 12.3. The minimum Gasteiger partial charge on any atom is -0.486 e. The van der Waals surface area contributed by atoms with Gasteiger partial charge in [0.1, 0.15) is 19.1 Å². The largest absolute Gasteiger partial charge is 0.486 e. The minimum atomic E-state index is -0.713. The van der Waals surface area contributed by atoms with Gasteiger partial charge in [-0.1, -0.05) is 6.07 Å². The molecule has 1 aliphatic heterocycles. The number of benzene rings is 1. The molecule has 122 valence electrons. The maximum Gasteiger partial charge on any atom is 0.230 e. The van der Waals surface area contributed by atoms with Crippen molar-refractivity contribution in [3.63, 3.8) is 0 Å². The Morgan fingerprint density at radius 2 is 2.00 bits per heavy atom. The van der Waals surface area contributed by atoms with Gasteiger partial charge in [0.05, 0.1) is 6.04 Å². The number of ether oxygens (including phenoxy) is 2. The average molecular weight is 318 g/mol. The van der Waals surface area contributed by atoms with E-state index >= 15 is 0 Å². The van der Waals surface area contributed by atoms with E-state index in [1.165, 1.54) is 0 Å². The van der Waals surface area contributed by atoms with Crippen LogP contribution in [0.25, 0.3) is 0 Å². The molecule has 1 heterocycles. The molecule has 3 atom stereocenters. The fourth-order valence-electron chi connectivity index (χ4n) is 3.11. The predicted molar refractivity (Wildman–Crippen MR) is 79.9 cm³/mol. The van der Waals surface area contributed by atoms with E-state index in [9.17, 15) is 14.9 Å². The highest BCUT2D eigenvalue weighted by Gasteiger charge is 2.54. The third kappa shape index (κ3) is 2.83. The Balaban J connectivity index is 1.50. The Morgan fingerprint density at radius 3 is 2.65 bits per heavy atom. The van der Waals surface area contributed by atoms with E-state index in [0.717, 1.165) is 24.2 Å². The van der Waals surface area contributed by atoms with Crippen molar-refractivity contribution in [2.75, 3.05) is 13.2 Å². The molecular formula is C16H18N2O5. The molecule has 0 aromatic heterocycles. The summed E-state index contributed by atoms with van der Waals surface area (Å²) in [6.45, 7) is 1.06. The van der Waals surface area contributed by atoms with Gasteiger partial charge in [0, 0.05) is 11.3 Å². The van der Waals surface area contributed by atoms with E-state index < -0.39 is 12.0 Å². The van der Waals surface area contributed by atoms with Gasteiger partial charge in [0.25, 0.3) is 0 Å². The fourth-order valence-corrected chi connectivity index (χ4v) is 3.11. The number of hydrogen-bond donors (Lipinski definition) is 1. The van der Waals surface area contributed by atoms with Crippen LogP contribution in [-0.2, 0) is 4.79 Å². The zero-order valence-electron chi connectivity index (χ0n) is 12.6. The van der Waals surface area contributed by atoms with Gasteiger partial charge in [0.2, 0.25) is 11.9 Å². The van der Waals surface area contributed by atoms with E-state index in [1.54, 1.807) is 0 Å². The zero-order valence-corrected chi connectivity index (χ0v) is 12.6. The highest BCUT2D eigenvalue weighted by atomic mass is 16.6. The van der Waals surface area contributed by atoms with Gasteiger partial charge in [-0.25, -0.2) is 0 Å². The number of carbonyl (C=O) groups excluding carboxylic acids is 1. The lowest BCUT2D eigenvalue weighted by atomic mass is 10.0. The summed E-state index contributed by atoms with van der Waals surface area (Å²) in [6.07, 6.45) is 2.46. The molecule has 7 heteroatoms. The monoisotopic (exact) mass is 318 g/mol. The molecule has 3 aliphatic rings. The number of rotatable bonds is 5. The lowest BCUT2D eigenvalue weighted by Gasteiger charge is -2.23. The van der Waals surface area contributed by atoms with Gasteiger partial charge < -0.3 is 14.8 Å². The van der Waals surface area contributed by atoms with Gasteiger partial charge in [-0.05, 0) is 36.5 Å². The average Bonchev–Trinajstić information content (AvgIpc) is 3.44. The van der Waals surface area contributed by atoms with Gasteiger partial charge in [0.15, 0.2) is 11.5 Å². The second kappa shape index (κ2) is 5.40. The molecule has 2 saturated carbocycles. The van der Waals surface area contributed by atoms with Crippen molar-refractivity contribution in [1.82, 2.24) is 5.32 Å². The van der Waals surface area contributed by atoms with Crippen molar-refractivity contribution < 1.29 is 19.2 Å². The van der Waals surface area contributed by atoms with E-state index in [-0.39, 0.29) is 16.9 Å². The summed E-state index contributed by atoms with van der Waals surface area (Å²) in [5, 5.41) is 13.7. The summed E-state index contributed by atoms with van der Waals surface area (Å²) in [4.78, 5) is 22.6. The van der Waals surface area contributed by atoms with Crippen LogP contribution in [0.2, 0.25) is 0 Å². The van der Waals surface area contributed by atoms with E-state index in [0.29, 0.717) is 31.3 Å². The number of carbonyl (C=O) groups is 1. The van der Waals surface area contributed by atoms with Gasteiger partial charge in [-0.2, -0.15) is 0 Å². The van der Waals surface area contributed by atoms with Crippen molar-refractivity contribution in [1.29, 1.82) is 0 Å². The Labute approximate surface area is 133 Å². The highest BCUT2D eigenvalue weighted by Crippen LogP contribution is 2.44. The standard InChI is InChI=1S/C16H18N2O5/c19-16(11-8-12(11)18(20)21)17-15(9-1-2-9)10-3-4-13-14(7-10)23-6-5-22-13/h3-4,7,9,11-12,15H,1-2,5-6,8H2,(H,17,19)/t11-,12-,15-/m0/s1. The van der Waals surface area contributed by atoms with Crippen LogP contribution in [0, 0.1) is 22.0 Å².